The van der Waals surface area contributed by atoms with Gasteiger partial charge in [0, 0.05) is 30.9 Å². The summed E-state index contributed by atoms with van der Waals surface area (Å²) in [6, 6.07) is 14.7. The van der Waals surface area contributed by atoms with Crippen LogP contribution >= 0.6 is 0 Å². The SMILES string of the molecule is Cc1ccc(NS(=O)(=O)c2ccc(NCCc3ccccn3)c([N+](=O)[O-])c2)c(C)c1. The third-order valence-corrected chi connectivity index (χ3v) is 5.89. The van der Waals surface area contributed by atoms with Crippen molar-refractivity contribution >= 4 is 27.1 Å². The number of rotatable bonds is 8. The van der Waals surface area contributed by atoms with Crippen molar-refractivity contribution in [3.8, 4) is 0 Å². The number of hydrogen-bond acceptors (Lipinski definition) is 6. The Hall–Kier alpha value is -3.46. The van der Waals surface area contributed by atoms with Crippen LogP contribution in [-0.4, -0.2) is 24.9 Å². The zero-order chi connectivity index (χ0) is 21.7. The first-order valence-corrected chi connectivity index (χ1v) is 10.8. The summed E-state index contributed by atoms with van der Waals surface area (Å²) in [5.41, 5.74) is 3.00. The van der Waals surface area contributed by atoms with E-state index >= 15 is 0 Å². The van der Waals surface area contributed by atoms with Gasteiger partial charge in [-0.25, -0.2) is 8.42 Å². The maximum Gasteiger partial charge on any atom is 0.293 e. The molecule has 3 aromatic rings. The Bertz CT molecular complexity index is 1160. The summed E-state index contributed by atoms with van der Waals surface area (Å²) in [5, 5.41) is 14.5. The molecular formula is C21H22N4O4S. The van der Waals surface area contributed by atoms with Gasteiger partial charge in [-0.1, -0.05) is 23.8 Å². The van der Waals surface area contributed by atoms with Gasteiger partial charge < -0.3 is 5.32 Å². The average Bonchev–Trinajstić information content (AvgIpc) is 2.71. The van der Waals surface area contributed by atoms with Crippen molar-refractivity contribution in [3.05, 3.63) is 87.7 Å². The summed E-state index contributed by atoms with van der Waals surface area (Å²) >= 11 is 0. The highest BCUT2D eigenvalue weighted by atomic mass is 32.2. The van der Waals surface area contributed by atoms with Crippen LogP contribution in [0.5, 0.6) is 0 Å². The number of benzene rings is 2. The molecule has 0 aliphatic carbocycles. The molecule has 2 aromatic carbocycles. The molecule has 3 rings (SSSR count). The maximum absolute atomic E-state index is 12.8. The predicted molar refractivity (Wildman–Crippen MR) is 116 cm³/mol. The summed E-state index contributed by atoms with van der Waals surface area (Å²) < 4.78 is 28.0. The highest BCUT2D eigenvalue weighted by molar-refractivity contribution is 7.92. The highest BCUT2D eigenvalue weighted by Gasteiger charge is 2.22. The summed E-state index contributed by atoms with van der Waals surface area (Å²) in [6.45, 7) is 4.13. The first-order valence-electron chi connectivity index (χ1n) is 9.28. The van der Waals surface area contributed by atoms with Crippen molar-refractivity contribution in [2.24, 2.45) is 0 Å². The van der Waals surface area contributed by atoms with E-state index in [0.29, 0.717) is 18.7 Å². The number of nitrogens with one attached hydrogen (secondary N) is 2. The standard InChI is InChI=1S/C21H22N4O4S/c1-15-6-8-19(16(2)13-15)24-30(28,29)18-7-9-20(21(14-18)25(26)27)23-12-10-17-5-3-4-11-22-17/h3-9,11,13-14,23-24H,10,12H2,1-2H3. The van der Waals surface area contributed by atoms with Crippen molar-refractivity contribution in [2.45, 2.75) is 25.2 Å². The van der Waals surface area contributed by atoms with Gasteiger partial charge in [0.25, 0.3) is 15.7 Å². The van der Waals surface area contributed by atoms with Crippen LogP contribution in [0.25, 0.3) is 0 Å². The summed E-state index contributed by atoms with van der Waals surface area (Å²) in [6.07, 6.45) is 2.26. The molecule has 30 heavy (non-hydrogen) atoms. The Morgan fingerprint density at radius 1 is 1.03 bits per heavy atom. The third kappa shape index (κ3) is 5.12. The zero-order valence-electron chi connectivity index (χ0n) is 16.6. The minimum absolute atomic E-state index is 0.176. The summed E-state index contributed by atoms with van der Waals surface area (Å²) in [4.78, 5) is 15.0. The highest BCUT2D eigenvalue weighted by Crippen LogP contribution is 2.29. The molecule has 2 N–H and O–H groups in total. The van der Waals surface area contributed by atoms with E-state index in [9.17, 15) is 18.5 Å². The molecule has 0 atom stereocenters. The first kappa shape index (κ1) is 21.3. The minimum Gasteiger partial charge on any atom is -0.379 e. The molecule has 0 saturated carbocycles. The molecular weight excluding hydrogens is 404 g/mol. The number of aryl methyl sites for hydroxylation is 2. The maximum atomic E-state index is 12.8. The molecule has 0 aliphatic rings. The van der Waals surface area contributed by atoms with Crippen molar-refractivity contribution in [1.29, 1.82) is 0 Å². The molecule has 0 radical (unpaired) electrons. The quantitative estimate of drug-likeness (QED) is 0.415. The van der Waals surface area contributed by atoms with Crippen LogP contribution in [0.4, 0.5) is 17.1 Å². The molecule has 8 nitrogen and oxygen atoms in total. The van der Waals surface area contributed by atoms with E-state index in [0.717, 1.165) is 22.9 Å². The molecule has 0 unspecified atom stereocenters. The van der Waals surface area contributed by atoms with Crippen LogP contribution in [-0.2, 0) is 16.4 Å². The number of anilines is 2. The van der Waals surface area contributed by atoms with E-state index in [2.05, 4.69) is 15.0 Å². The van der Waals surface area contributed by atoms with Gasteiger partial charge in [0.2, 0.25) is 0 Å². The lowest BCUT2D eigenvalue weighted by molar-refractivity contribution is -0.384. The number of nitrogens with zero attached hydrogens (tertiary/aromatic N) is 2. The Labute approximate surface area is 175 Å². The lowest BCUT2D eigenvalue weighted by Gasteiger charge is -2.12. The lowest BCUT2D eigenvalue weighted by atomic mass is 10.1. The Kier molecular flexibility index (Phi) is 6.31. The number of nitro benzene ring substituents is 1. The molecule has 0 aliphatic heterocycles. The second-order valence-electron chi connectivity index (χ2n) is 6.86. The van der Waals surface area contributed by atoms with Gasteiger partial charge in [-0.2, -0.15) is 0 Å². The van der Waals surface area contributed by atoms with Gasteiger partial charge in [0.05, 0.1) is 15.5 Å². The van der Waals surface area contributed by atoms with Crippen molar-refractivity contribution < 1.29 is 13.3 Å². The third-order valence-electron chi connectivity index (χ3n) is 4.53. The van der Waals surface area contributed by atoms with Crippen LogP contribution in [0, 0.1) is 24.0 Å². The van der Waals surface area contributed by atoms with Crippen LogP contribution < -0.4 is 10.0 Å². The minimum atomic E-state index is -3.98. The first-order chi connectivity index (χ1) is 14.3. The number of nitro groups is 1. The fraction of sp³-hybridized carbons (Fsp3) is 0.190. The normalized spacial score (nSPS) is 11.1. The molecule has 9 heteroatoms. The van der Waals surface area contributed by atoms with Gasteiger partial charge in [-0.05, 0) is 49.7 Å². The topological polar surface area (TPSA) is 114 Å². The van der Waals surface area contributed by atoms with Crippen molar-refractivity contribution in [1.82, 2.24) is 4.98 Å². The summed E-state index contributed by atoms with van der Waals surface area (Å²) in [7, 11) is -3.98. The lowest BCUT2D eigenvalue weighted by Crippen LogP contribution is -2.15. The van der Waals surface area contributed by atoms with Crippen LogP contribution in [0.1, 0.15) is 16.8 Å². The van der Waals surface area contributed by atoms with Crippen LogP contribution in [0.3, 0.4) is 0 Å². The molecule has 0 fully saturated rings. The molecule has 1 heterocycles. The molecule has 156 valence electrons. The van der Waals surface area contributed by atoms with E-state index in [1.54, 1.807) is 25.3 Å². The fourth-order valence-electron chi connectivity index (χ4n) is 2.98. The average molecular weight is 426 g/mol. The largest absolute Gasteiger partial charge is 0.379 e. The van der Waals surface area contributed by atoms with E-state index in [1.807, 2.05) is 31.2 Å². The smallest absolute Gasteiger partial charge is 0.293 e. The monoisotopic (exact) mass is 426 g/mol. The molecule has 0 amide bonds. The van der Waals surface area contributed by atoms with Gasteiger partial charge >= 0.3 is 0 Å². The number of sulfonamides is 1. The van der Waals surface area contributed by atoms with Gasteiger partial charge in [0.15, 0.2) is 0 Å². The van der Waals surface area contributed by atoms with E-state index in [-0.39, 0.29) is 16.3 Å². The van der Waals surface area contributed by atoms with Gasteiger partial charge in [0.1, 0.15) is 5.69 Å². The number of aromatic nitrogens is 1. The van der Waals surface area contributed by atoms with Crippen LogP contribution in [0.2, 0.25) is 0 Å². The Morgan fingerprint density at radius 2 is 1.80 bits per heavy atom. The summed E-state index contributed by atoms with van der Waals surface area (Å²) in [5.74, 6) is 0. The van der Waals surface area contributed by atoms with Crippen LogP contribution in [0.15, 0.2) is 65.7 Å². The number of pyridine rings is 1. The Morgan fingerprint density at radius 3 is 2.47 bits per heavy atom. The number of hydrogen-bond donors (Lipinski definition) is 2. The zero-order valence-corrected chi connectivity index (χ0v) is 17.4. The second-order valence-corrected chi connectivity index (χ2v) is 8.54. The molecule has 1 aromatic heterocycles. The van der Waals surface area contributed by atoms with E-state index < -0.39 is 14.9 Å². The Balaban J connectivity index is 1.80. The predicted octanol–water partition coefficient (Wildman–Crippen LogP) is 4.06. The van der Waals surface area contributed by atoms with E-state index in [4.69, 9.17) is 0 Å². The van der Waals surface area contributed by atoms with Gasteiger partial charge in [-0.15, -0.1) is 0 Å². The van der Waals surface area contributed by atoms with Crippen molar-refractivity contribution in [2.75, 3.05) is 16.6 Å². The molecule has 0 spiro atoms. The molecule has 0 bridgehead atoms. The van der Waals surface area contributed by atoms with E-state index in [1.165, 1.54) is 12.1 Å². The fourth-order valence-corrected chi connectivity index (χ4v) is 4.13. The van der Waals surface area contributed by atoms with Crippen molar-refractivity contribution in [3.63, 3.8) is 0 Å². The second kappa shape index (κ2) is 8.91. The molecule has 0 saturated heterocycles. The van der Waals surface area contributed by atoms with Gasteiger partial charge in [-0.3, -0.25) is 19.8 Å².